The summed E-state index contributed by atoms with van der Waals surface area (Å²) in [4.78, 5) is 0. The van der Waals surface area contributed by atoms with Gasteiger partial charge in [-0.05, 0) is 83.9 Å². The molecular weight excluding hydrogens is 240 g/mol. The summed E-state index contributed by atoms with van der Waals surface area (Å²) in [5.74, 6) is 0. The highest BCUT2D eigenvalue weighted by atomic mass is 14.9. The van der Waals surface area contributed by atoms with Gasteiger partial charge in [0.2, 0.25) is 0 Å². The number of fused-ring (bicyclic) bond motifs is 1. The van der Waals surface area contributed by atoms with E-state index in [1.54, 1.807) is 25.7 Å². The summed E-state index contributed by atoms with van der Waals surface area (Å²) in [7, 11) is 0. The fourth-order valence-electron chi connectivity index (χ4n) is 10.0. The van der Waals surface area contributed by atoms with Crippen LogP contribution in [0.3, 0.4) is 0 Å². The van der Waals surface area contributed by atoms with Gasteiger partial charge in [-0.3, -0.25) is 0 Å². The molecule has 6 rings (SSSR count). The standard InChI is InChI=1S/C20H32/c1-15-7-5-8-17(3)13-16(2,12-11-15)18(4)14-19(15)9-6-10-20(17,18)19/h5-14H2,1-4H3. The number of rotatable bonds is 0. The highest BCUT2D eigenvalue weighted by molar-refractivity contribution is 5.37. The molecule has 0 aliphatic heterocycles. The normalized spacial score (nSPS) is 70.2. The molecule has 6 fully saturated rings. The van der Waals surface area contributed by atoms with Gasteiger partial charge < -0.3 is 0 Å². The van der Waals surface area contributed by atoms with Crippen LogP contribution in [0.15, 0.2) is 0 Å². The molecule has 0 heteroatoms. The van der Waals surface area contributed by atoms with Gasteiger partial charge in [-0.2, -0.15) is 0 Å². The van der Waals surface area contributed by atoms with E-state index >= 15 is 0 Å². The molecule has 0 radical (unpaired) electrons. The molecule has 0 amide bonds. The molecule has 6 unspecified atom stereocenters. The Kier molecular flexibility index (Phi) is 1.82. The summed E-state index contributed by atoms with van der Waals surface area (Å²) in [5, 5.41) is 0. The summed E-state index contributed by atoms with van der Waals surface area (Å²) in [6.07, 6.45) is 15.5. The third-order valence-electron chi connectivity index (χ3n) is 10.6. The lowest BCUT2D eigenvalue weighted by molar-refractivity contribution is -0.270. The van der Waals surface area contributed by atoms with Gasteiger partial charge in [0.05, 0.1) is 0 Å². The van der Waals surface area contributed by atoms with E-state index in [-0.39, 0.29) is 0 Å². The molecule has 0 nitrogen and oxygen atoms in total. The van der Waals surface area contributed by atoms with Gasteiger partial charge in [-0.1, -0.05) is 40.5 Å². The first-order valence-corrected chi connectivity index (χ1v) is 9.29. The highest BCUT2D eigenvalue weighted by Crippen LogP contribution is 2.97. The van der Waals surface area contributed by atoms with Crippen LogP contribution in [0, 0.1) is 32.5 Å². The Hall–Kier alpha value is 0. The van der Waals surface area contributed by atoms with Crippen LogP contribution in [-0.2, 0) is 0 Å². The molecule has 0 saturated heterocycles. The predicted molar refractivity (Wildman–Crippen MR) is 83.5 cm³/mol. The van der Waals surface area contributed by atoms with Crippen LogP contribution in [0.4, 0.5) is 0 Å². The van der Waals surface area contributed by atoms with Gasteiger partial charge in [0, 0.05) is 0 Å². The summed E-state index contributed by atoms with van der Waals surface area (Å²) in [5.41, 5.74) is 4.14. The second-order valence-corrected chi connectivity index (χ2v) is 10.6. The molecule has 20 heavy (non-hydrogen) atoms. The lowest BCUT2D eigenvalue weighted by atomic mass is 9.29. The van der Waals surface area contributed by atoms with Crippen molar-refractivity contribution in [1.82, 2.24) is 0 Å². The van der Waals surface area contributed by atoms with Crippen LogP contribution in [0.5, 0.6) is 0 Å². The van der Waals surface area contributed by atoms with Crippen molar-refractivity contribution < 1.29 is 0 Å². The van der Waals surface area contributed by atoms with Gasteiger partial charge in [0.1, 0.15) is 0 Å². The minimum atomic E-state index is 0.650. The Bertz CT molecular complexity index is 508. The van der Waals surface area contributed by atoms with Gasteiger partial charge in [0.15, 0.2) is 0 Å². The lowest BCUT2D eigenvalue weighted by Gasteiger charge is -2.74. The van der Waals surface area contributed by atoms with Crippen LogP contribution in [0.2, 0.25) is 0 Å². The molecule has 2 spiro atoms. The first-order valence-electron chi connectivity index (χ1n) is 9.29. The largest absolute Gasteiger partial charge is 0.0591 e. The minimum absolute atomic E-state index is 0.650. The second kappa shape index (κ2) is 2.91. The second-order valence-electron chi connectivity index (χ2n) is 10.6. The topological polar surface area (TPSA) is 0 Å². The molecule has 6 saturated carbocycles. The molecule has 6 aliphatic rings. The number of hydrogen-bond acceptors (Lipinski definition) is 0. The maximum atomic E-state index is 2.74. The van der Waals surface area contributed by atoms with Crippen LogP contribution in [0.1, 0.15) is 91.9 Å². The fourth-order valence-corrected chi connectivity index (χ4v) is 10.0. The SMILES string of the molecule is CC12CCC3(C)CCCC(C)(C1)C14CCCC31CC24C. The lowest BCUT2D eigenvalue weighted by Crippen LogP contribution is -2.69. The third-order valence-corrected chi connectivity index (χ3v) is 10.6. The molecule has 0 N–H and O–H groups in total. The van der Waals surface area contributed by atoms with E-state index in [1.165, 1.54) is 38.5 Å². The molecule has 0 heterocycles. The van der Waals surface area contributed by atoms with Crippen molar-refractivity contribution in [2.45, 2.75) is 91.9 Å². The number of hydrogen-bond donors (Lipinski definition) is 0. The summed E-state index contributed by atoms with van der Waals surface area (Å²) < 4.78 is 0. The van der Waals surface area contributed by atoms with E-state index in [0.717, 1.165) is 10.8 Å². The van der Waals surface area contributed by atoms with Gasteiger partial charge >= 0.3 is 0 Å². The van der Waals surface area contributed by atoms with Crippen LogP contribution >= 0.6 is 0 Å². The Balaban J connectivity index is 1.88. The molecule has 0 aromatic rings. The van der Waals surface area contributed by atoms with Gasteiger partial charge in [-0.25, -0.2) is 0 Å². The Morgan fingerprint density at radius 2 is 1.20 bits per heavy atom. The molecule has 5 bridgehead atoms. The van der Waals surface area contributed by atoms with Crippen molar-refractivity contribution >= 4 is 0 Å². The molecule has 6 aliphatic carbocycles. The maximum Gasteiger partial charge on any atom is -0.0122 e. The van der Waals surface area contributed by atoms with Crippen molar-refractivity contribution in [3.63, 3.8) is 0 Å². The summed E-state index contributed by atoms with van der Waals surface area (Å²) in [6.45, 7) is 10.9. The molecule has 6 atom stereocenters. The maximum absolute atomic E-state index is 2.74. The monoisotopic (exact) mass is 272 g/mol. The minimum Gasteiger partial charge on any atom is -0.0591 e. The Labute approximate surface area is 125 Å². The smallest absolute Gasteiger partial charge is 0.0122 e. The van der Waals surface area contributed by atoms with E-state index in [0.29, 0.717) is 21.7 Å². The summed E-state index contributed by atoms with van der Waals surface area (Å²) >= 11 is 0. The Morgan fingerprint density at radius 3 is 2.00 bits per heavy atom. The van der Waals surface area contributed by atoms with Crippen LogP contribution in [-0.4, -0.2) is 0 Å². The van der Waals surface area contributed by atoms with Crippen molar-refractivity contribution in [1.29, 1.82) is 0 Å². The summed E-state index contributed by atoms with van der Waals surface area (Å²) in [6, 6.07) is 0. The molecular formula is C20H32. The molecule has 0 aromatic carbocycles. The fraction of sp³-hybridized carbons (Fsp3) is 1.00. The van der Waals surface area contributed by atoms with Crippen molar-refractivity contribution in [3.8, 4) is 0 Å². The zero-order valence-electron chi connectivity index (χ0n) is 14.1. The first-order chi connectivity index (χ1) is 9.29. The predicted octanol–water partition coefficient (Wildman–Crippen LogP) is 5.95. The molecule has 0 aromatic heterocycles. The highest BCUT2D eigenvalue weighted by Gasteiger charge is 2.89. The Morgan fingerprint density at radius 1 is 0.550 bits per heavy atom. The van der Waals surface area contributed by atoms with Crippen molar-refractivity contribution in [3.05, 3.63) is 0 Å². The van der Waals surface area contributed by atoms with E-state index in [9.17, 15) is 0 Å². The average molecular weight is 272 g/mol. The van der Waals surface area contributed by atoms with Gasteiger partial charge in [-0.15, -0.1) is 0 Å². The third kappa shape index (κ3) is 0.813. The van der Waals surface area contributed by atoms with E-state index in [2.05, 4.69) is 27.7 Å². The van der Waals surface area contributed by atoms with Crippen LogP contribution in [0.25, 0.3) is 0 Å². The van der Waals surface area contributed by atoms with Crippen LogP contribution < -0.4 is 0 Å². The zero-order valence-corrected chi connectivity index (χ0v) is 14.1. The zero-order chi connectivity index (χ0) is 14.1. The van der Waals surface area contributed by atoms with Crippen molar-refractivity contribution in [2.75, 3.05) is 0 Å². The van der Waals surface area contributed by atoms with Crippen molar-refractivity contribution in [2.24, 2.45) is 32.5 Å². The quantitative estimate of drug-likeness (QED) is 0.511. The molecule has 112 valence electrons. The van der Waals surface area contributed by atoms with E-state index in [1.807, 2.05) is 0 Å². The van der Waals surface area contributed by atoms with E-state index in [4.69, 9.17) is 0 Å². The first kappa shape index (κ1) is 12.5. The van der Waals surface area contributed by atoms with Gasteiger partial charge in [0.25, 0.3) is 0 Å². The average Bonchev–Trinajstić information content (AvgIpc) is 2.70. The van der Waals surface area contributed by atoms with E-state index < -0.39 is 0 Å².